The van der Waals surface area contributed by atoms with Gasteiger partial charge >= 0.3 is 5.97 Å². The van der Waals surface area contributed by atoms with Gasteiger partial charge in [0.1, 0.15) is 11.6 Å². The quantitative estimate of drug-likeness (QED) is 0.181. The second-order valence-corrected chi connectivity index (χ2v) is 11.8. The van der Waals surface area contributed by atoms with Gasteiger partial charge in [0.15, 0.2) is 0 Å². The fourth-order valence-corrected chi connectivity index (χ4v) is 7.05. The smallest absolute Gasteiger partial charge is 0.346 e. The molecule has 0 atom stereocenters. The number of hydrogen-bond donors (Lipinski definition) is 1. The lowest BCUT2D eigenvalue weighted by atomic mass is 9.82. The van der Waals surface area contributed by atoms with Gasteiger partial charge in [-0.25, -0.2) is 4.79 Å². The Bertz CT molecular complexity index is 2080. The minimum Gasteiger partial charge on any atom is -0.477 e. The normalized spacial score (nSPS) is 13.8. The molecule has 6 aromatic rings. The Morgan fingerprint density at radius 3 is 2.42 bits per heavy atom. The zero-order valence-corrected chi connectivity index (χ0v) is 22.8. The van der Waals surface area contributed by atoms with Crippen LogP contribution in [0.5, 0.6) is 0 Å². The Balaban J connectivity index is 1.38. The fourth-order valence-electron chi connectivity index (χ4n) is 6.11. The molecule has 0 aliphatic heterocycles. The number of carbonyl (C=O) groups is 1. The zero-order chi connectivity index (χ0) is 27.6. The molecule has 2 aromatic heterocycles. The van der Waals surface area contributed by atoms with Crippen LogP contribution in [0.2, 0.25) is 0 Å². The molecular formula is C35H24N2O2S. The summed E-state index contributed by atoms with van der Waals surface area (Å²) >= 11 is 1.47. The van der Waals surface area contributed by atoms with E-state index in [1.165, 1.54) is 45.1 Å². The number of aromatic nitrogens is 1. The summed E-state index contributed by atoms with van der Waals surface area (Å²) in [4.78, 5) is 13.0. The number of rotatable bonds is 4. The van der Waals surface area contributed by atoms with Crippen LogP contribution in [0.3, 0.4) is 0 Å². The minimum atomic E-state index is -1.22. The molecule has 1 N–H and O–H groups in total. The van der Waals surface area contributed by atoms with Crippen molar-refractivity contribution in [3.05, 3.63) is 119 Å². The summed E-state index contributed by atoms with van der Waals surface area (Å²) in [5, 5.41) is 20.7. The Labute approximate surface area is 235 Å². The monoisotopic (exact) mass is 536 g/mol. The maximum Gasteiger partial charge on any atom is 0.346 e. The summed E-state index contributed by atoms with van der Waals surface area (Å²) in [5.41, 5.74) is 9.45. The average molecular weight is 537 g/mol. The third-order valence-electron chi connectivity index (χ3n) is 8.05. The lowest BCUT2D eigenvalue weighted by molar-refractivity contribution is -0.132. The van der Waals surface area contributed by atoms with Crippen LogP contribution in [-0.4, -0.2) is 15.6 Å². The van der Waals surface area contributed by atoms with Gasteiger partial charge in [0.25, 0.3) is 0 Å². The molecule has 0 saturated heterocycles. The molecule has 1 aliphatic carbocycles. The van der Waals surface area contributed by atoms with Gasteiger partial charge in [-0.15, -0.1) is 11.3 Å². The number of hydrogen-bond acceptors (Lipinski definition) is 3. The molecule has 40 heavy (non-hydrogen) atoms. The van der Waals surface area contributed by atoms with Crippen LogP contribution < -0.4 is 0 Å². The van der Waals surface area contributed by atoms with E-state index in [9.17, 15) is 9.90 Å². The van der Waals surface area contributed by atoms with Gasteiger partial charge in [0, 0.05) is 31.6 Å². The largest absolute Gasteiger partial charge is 0.477 e. The lowest BCUT2D eigenvalue weighted by Crippen LogP contribution is -2.15. The molecule has 0 radical (unpaired) electrons. The van der Waals surface area contributed by atoms with Crippen molar-refractivity contribution in [3.8, 4) is 33.3 Å². The van der Waals surface area contributed by atoms with E-state index in [0.717, 1.165) is 37.4 Å². The number of thiophene rings is 1. The number of fused-ring (bicyclic) bond motifs is 6. The van der Waals surface area contributed by atoms with E-state index in [4.69, 9.17) is 5.26 Å². The molecule has 0 unspecified atom stereocenters. The SMILES string of the molecule is CC1(C)c2ccccc2-c2ccc(-n3c4ccccc4c4cc(-c5ccc(C=C(C#N)C(=O)O)s5)ccc43)cc21. The first-order chi connectivity index (χ1) is 19.4. The van der Waals surface area contributed by atoms with Crippen molar-refractivity contribution in [2.75, 3.05) is 0 Å². The van der Waals surface area contributed by atoms with Crippen molar-refractivity contribution in [1.29, 1.82) is 5.26 Å². The Hall–Kier alpha value is -4.92. The summed E-state index contributed by atoms with van der Waals surface area (Å²) in [6, 6.07) is 36.1. The maximum absolute atomic E-state index is 11.3. The Morgan fingerprint density at radius 1 is 0.850 bits per heavy atom. The van der Waals surface area contributed by atoms with Gasteiger partial charge in [-0.1, -0.05) is 68.4 Å². The van der Waals surface area contributed by atoms with E-state index in [2.05, 4.69) is 103 Å². The molecular weight excluding hydrogens is 512 g/mol. The first-order valence-electron chi connectivity index (χ1n) is 13.1. The van der Waals surface area contributed by atoms with Gasteiger partial charge in [-0.05, 0) is 76.4 Å². The van der Waals surface area contributed by atoms with Gasteiger partial charge in [-0.2, -0.15) is 5.26 Å². The zero-order valence-electron chi connectivity index (χ0n) is 22.0. The van der Waals surface area contributed by atoms with Crippen LogP contribution in [0.1, 0.15) is 29.9 Å². The second-order valence-electron chi connectivity index (χ2n) is 10.7. The number of nitrogens with zero attached hydrogens (tertiary/aromatic N) is 2. The molecule has 0 spiro atoms. The maximum atomic E-state index is 11.3. The van der Waals surface area contributed by atoms with Crippen molar-refractivity contribution in [2.24, 2.45) is 0 Å². The predicted octanol–water partition coefficient (Wildman–Crippen LogP) is 8.81. The van der Waals surface area contributed by atoms with Crippen molar-refractivity contribution < 1.29 is 9.90 Å². The standard InChI is InChI=1S/C35H24N2O2S/c1-35(2)29-9-5-3-7-25(29)26-14-12-23(19-30(26)35)37-31-10-6-4-8-27(31)28-18-21(11-15-32(28)37)33-16-13-24(40-33)17-22(20-36)34(38)39/h3-19H,1-2H3,(H,38,39). The van der Waals surface area contributed by atoms with Crippen LogP contribution in [0.25, 0.3) is 55.1 Å². The Morgan fingerprint density at radius 2 is 1.60 bits per heavy atom. The number of carboxylic acid groups (broad SMARTS) is 1. The topological polar surface area (TPSA) is 66.0 Å². The number of benzene rings is 4. The van der Waals surface area contributed by atoms with Gasteiger partial charge in [0.2, 0.25) is 0 Å². The first kappa shape index (κ1) is 24.1. The van der Waals surface area contributed by atoms with E-state index in [-0.39, 0.29) is 11.0 Å². The number of para-hydroxylation sites is 1. The molecule has 0 fully saturated rings. The van der Waals surface area contributed by atoms with E-state index in [1.54, 1.807) is 6.07 Å². The second kappa shape index (κ2) is 8.81. The van der Waals surface area contributed by atoms with E-state index in [0.29, 0.717) is 0 Å². The molecule has 192 valence electrons. The van der Waals surface area contributed by atoms with Crippen LogP contribution in [0.4, 0.5) is 0 Å². The van der Waals surface area contributed by atoms with Crippen LogP contribution in [0, 0.1) is 11.3 Å². The predicted molar refractivity (Wildman–Crippen MR) is 163 cm³/mol. The molecule has 7 rings (SSSR count). The summed E-state index contributed by atoms with van der Waals surface area (Å²) < 4.78 is 2.35. The van der Waals surface area contributed by atoms with Gasteiger partial charge in [0.05, 0.1) is 11.0 Å². The van der Waals surface area contributed by atoms with Crippen molar-refractivity contribution in [1.82, 2.24) is 4.57 Å². The van der Waals surface area contributed by atoms with Gasteiger partial charge < -0.3 is 9.67 Å². The van der Waals surface area contributed by atoms with Crippen molar-refractivity contribution in [3.63, 3.8) is 0 Å². The summed E-state index contributed by atoms with van der Waals surface area (Å²) in [6.07, 6.45) is 1.43. The third-order valence-corrected chi connectivity index (χ3v) is 9.13. The minimum absolute atomic E-state index is 0.0781. The summed E-state index contributed by atoms with van der Waals surface area (Å²) in [6.45, 7) is 4.61. The highest BCUT2D eigenvalue weighted by Crippen LogP contribution is 2.49. The molecule has 0 saturated carbocycles. The third kappa shape index (κ3) is 3.54. The van der Waals surface area contributed by atoms with Crippen molar-refractivity contribution >= 4 is 45.2 Å². The number of nitriles is 1. The molecule has 4 aromatic carbocycles. The highest BCUT2D eigenvalue weighted by Gasteiger charge is 2.35. The molecule has 5 heteroatoms. The Kier molecular flexibility index (Phi) is 5.31. The highest BCUT2D eigenvalue weighted by atomic mass is 32.1. The molecule has 2 heterocycles. The highest BCUT2D eigenvalue weighted by molar-refractivity contribution is 7.16. The van der Waals surface area contributed by atoms with Crippen LogP contribution in [0.15, 0.2) is 103 Å². The fraction of sp³-hybridized carbons (Fsp3) is 0.0857. The molecule has 1 aliphatic rings. The first-order valence-corrected chi connectivity index (χ1v) is 13.9. The summed E-state index contributed by atoms with van der Waals surface area (Å²) in [5.74, 6) is -1.22. The molecule has 0 bridgehead atoms. The number of aliphatic carboxylic acids is 1. The molecule has 4 nitrogen and oxygen atoms in total. The van der Waals surface area contributed by atoms with E-state index in [1.807, 2.05) is 12.1 Å². The van der Waals surface area contributed by atoms with E-state index >= 15 is 0 Å². The number of carboxylic acids is 1. The van der Waals surface area contributed by atoms with Crippen LogP contribution >= 0.6 is 11.3 Å². The summed E-state index contributed by atoms with van der Waals surface area (Å²) in [7, 11) is 0. The van der Waals surface area contributed by atoms with Crippen molar-refractivity contribution in [2.45, 2.75) is 19.3 Å². The lowest BCUT2D eigenvalue weighted by Gasteiger charge is -2.22. The van der Waals surface area contributed by atoms with Gasteiger partial charge in [-0.3, -0.25) is 0 Å². The van der Waals surface area contributed by atoms with Crippen LogP contribution in [-0.2, 0) is 10.2 Å². The average Bonchev–Trinajstić information content (AvgIpc) is 3.63. The van der Waals surface area contributed by atoms with E-state index < -0.39 is 5.97 Å². The molecule has 0 amide bonds.